The van der Waals surface area contributed by atoms with Gasteiger partial charge in [-0.15, -0.1) is 0 Å². The summed E-state index contributed by atoms with van der Waals surface area (Å²) in [6, 6.07) is 0.145. The van der Waals surface area contributed by atoms with Crippen LogP contribution < -0.4 is 10.5 Å². The number of aliphatic hydroxyl groups excluding tert-OH is 3. The maximum absolute atomic E-state index is 10.3. The molecule has 10 heteroatoms. The smallest absolute Gasteiger partial charge is 0.320 e. The fraction of sp³-hybridized carbons (Fsp3) is 0.706. The second kappa shape index (κ2) is 7.55. The molecule has 0 spiro atoms. The fourth-order valence-electron chi connectivity index (χ4n) is 3.89. The molecule has 0 aromatic carbocycles. The van der Waals surface area contributed by atoms with E-state index in [4.69, 9.17) is 15.2 Å². The van der Waals surface area contributed by atoms with Gasteiger partial charge < -0.3 is 30.5 Å². The standard InChI is InChI=1S/C17H25N5O5/c18-14-11-15(21-17(20-14)26-6-5-9-3-1-2-4-9)22(8-19-11)16-13(25)12(24)10(7-23)27-16/h8-10,12-13,16,23-25H,1-7H2,(H2,18,20,21)/t10-,12-,13-,16?/m1/s1. The van der Waals surface area contributed by atoms with Crippen LogP contribution in [0.5, 0.6) is 6.01 Å². The van der Waals surface area contributed by atoms with Crippen molar-refractivity contribution in [2.75, 3.05) is 18.9 Å². The van der Waals surface area contributed by atoms with Gasteiger partial charge in [-0.2, -0.15) is 9.97 Å². The Hall–Kier alpha value is -2.01. The first kappa shape index (κ1) is 18.4. The van der Waals surface area contributed by atoms with E-state index in [1.807, 2.05) is 0 Å². The normalized spacial score (nSPS) is 29.0. The number of fused-ring (bicyclic) bond motifs is 1. The third-order valence-electron chi connectivity index (χ3n) is 5.45. The molecule has 1 aliphatic heterocycles. The lowest BCUT2D eigenvalue weighted by atomic mass is 10.1. The van der Waals surface area contributed by atoms with Crippen molar-refractivity contribution in [1.82, 2.24) is 19.5 Å². The molecule has 27 heavy (non-hydrogen) atoms. The van der Waals surface area contributed by atoms with E-state index < -0.39 is 31.1 Å². The Labute approximate surface area is 156 Å². The van der Waals surface area contributed by atoms with Crippen molar-refractivity contribution in [3.05, 3.63) is 6.33 Å². The van der Waals surface area contributed by atoms with Crippen LogP contribution in [0.3, 0.4) is 0 Å². The van der Waals surface area contributed by atoms with Crippen molar-refractivity contribution in [3.8, 4) is 6.01 Å². The van der Waals surface area contributed by atoms with Crippen molar-refractivity contribution < 1.29 is 24.8 Å². The average molecular weight is 379 g/mol. The van der Waals surface area contributed by atoms with Gasteiger partial charge in [-0.05, 0) is 12.3 Å². The van der Waals surface area contributed by atoms with E-state index in [9.17, 15) is 15.3 Å². The predicted molar refractivity (Wildman–Crippen MR) is 94.8 cm³/mol. The second-order valence-corrected chi connectivity index (χ2v) is 7.23. The molecule has 0 bridgehead atoms. The molecule has 1 saturated heterocycles. The fourth-order valence-corrected chi connectivity index (χ4v) is 3.89. The summed E-state index contributed by atoms with van der Waals surface area (Å²) in [5, 5.41) is 29.5. The third-order valence-corrected chi connectivity index (χ3v) is 5.45. The highest BCUT2D eigenvalue weighted by Crippen LogP contribution is 2.32. The molecule has 0 radical (unpaired) electrons. The number of aliphatic hydroxyl groups is 3. The molecule has 148 valence electrons. The number of nitrogen functional groups attached to an aromatic ring is 1. The summed E-state index contributed by atoms with van der Waals surface area (Å²) < 4.78 is 12.7. The summed E-state index contributed by atoms with van der Waals surface area (Å²) >= 11 is 0. The van der Waals surface area contributed by atoms with Crippen LogP contribution in [0.2, 0.25) is 0 Å². The van der Waals surface area contributed by atoms with Crippen molar-refractivity contribution in [2.24, 2.45) is 5.92 Å². The largest absolute Gasteiger partial charge is 0.463 e. The van der Waals surface area contributed by atoms with E-state index in [1.54, 1.807) is 0 Å². The van der Waals surface area contributed by atoms with Crippen LogP contribution in [0, 0.1) is 5.92 Å². The van der Waals surface area contributed by atoms with Gasteiger partial charge in [0.2, 0.25) is 0 Å². The van der Waals surface area contributed by atoms with Gasteiger partial charge in [-0.1, -0.05) is 25.7 Å². The summed E-state index contributed by atoms with van der Waals surface area (Å²) in [4.78, 5) is 12.7. The molecule has 2 aliphatic rings. The Balaban J connectivity index is 1.54. The minimum Gasteiger partial charge on any atom is -0.463 e. The van der Waals surface area contributed by atoms with Crippen molar-refractivity contribution in [2.45, 2.75) is 56.6 Å². The number of aromatic nitrogens is 4. The molecule has 5 N–H and O–H groups in total. The highest BCUT2D eigenvalue weighted by Gasteiger charge is 2.44. The topological polar surface area (TPSA) is 149 Å². The Kier molecular flexibility index (Phi) is 5.13. The molecule has 2 aromatic heterocycles. The van der Waals surface area contributed by atoms with Crippen LogP contribution in [-0.4, -0.2) is 66.4 Å². The van der Waals surface area contributed by atoms with Gasteiger partial charge in [0.1, 0.15) is 18.3 Å². The number of anilines is 1. The van der Waals surface area contributed by atoms with E-state index in [0.717, 1.165) is 6.42 Å². The van der Waals surface area contributed by atoms with E-state index in [2.05, 4.69) is 15.0 Å². The first-order valence-electron chi connectivity index (χ1n) is 9.33. The van der Waals surface area contributed by atoms with E-state index in [-0.39, 0.29) is 11.8 Å². The number of imidazole rings is 1. The van der Waals surface area contributed by atoms with Crippen molar-refractivity contribution >= 4 is 17.0 Å². The summed E-state index contributed by atoms with van der Waals surface area (Å²) in [6.45, 7) is 0.103. The molecule has 2 fully saturated rings. The molecule has 0 amide bonds. The quantitative estimate of drug-likeness (QED) is 0.543. The Morgan fingerprint density at radius 2 is 2.00 bits per heavy atom. The van der Waals surface area contributed by atoms with Gasteiger partial charge in [0.05, 0.1) is 19.5 Å². The molecule has 1 saturated carbocycles. The second-order valence-electron chi connectivity index (χ2n) is 7.23. The number of hydrogen-bond donors (Lipinski definition) is 4. The van der Waals surface area contributed by atoms with Crippen molar-refractivity contribution in [3.63, 3.8) is 0 Å². The maximum atomic E-state index is 10.3. The SMILES string of the molecule is Nc1nc(OCCC2CCCC2)nc2c1ncn2C1O[C@H](CO)[C@@H](O)[C@H]1O. The van der Waals surface area contributed by atoms with E-state index >= 15 is 0 Å². The zero-order valence-corrected chi connectivity index (χ0v) is 14.9. The molecular weight excluding hydrogens is 354 g/mol. The molecule has 2 aromatic rings. The van der Waals surface area contributed by atoms with E-state index in [0.29, 0.717) is 23.7 Å². The molecule has 1 unspecified atom stereocenters. The lowest BCUT2D eigenvalue weighted by Crippen LogP contribution is -2.33. The average Bonchev–Trinajstić information content (AvgIpc) is 3.37. The number of nitrogens with zero attached hydrogens (tertiary/aromatic N) is 4. The summed E-state index contributed by atoms with van der Waals surface area (Å²) in [6.07, 6.45) is 3.14. The first-order valence-corrected chi connectivity index (χ1v) is 9.33. The van der Waals surface area contributed by atoms with Crippen LogP contribution >= 0.6 is 0 Å². The van der Waals surface area contributed by atoms with Crippen LogP contribution in [0.15, 0.2) is 6.33 Å². The van der Waals surface area contributed by atoms with Gasteiger partial charge in [0.15, 0.2) is 23.2 Å². The molecule has 4 atom stereocenters. The minimum absolute atomic E-state index is 0.145. The monoisotopic (exact) mass is 379 g/mol. The Bertz CT molecular complexity index is 793. The van der Waals surface area contributed by atoms with Crippen LogP contribution in [0.25, 0.3) is 11.2 Å². The molecule has 4 rings (SSSR count). The highest BCUT2D eigenvalue weighted by molar-refractivity contribution is 5.82. The predicted octanol–water partition coefficient (Wildman–Crippen LogP) is -0.0209. The molecular formula is C17H25N5O5. The number of nitrogens with two attached hydrogens (primary N) is 1. The summed E-state index contributed by atoms with van der Waals surface area (Å²) in [5.41, 5.74) is 6.68. The van der Waals surface area contributed by atoms with Gasteiger partial charge in [0.25, 0.3) is 0 Å². The zero-order valence-electron chi connectivity index (χ0n) is 14.9. The van der Waals surface area contributed by atoms with Gasteiger partial charge in [-0.3, -0.25) is 4.57 Å². The summed E-state index contributed by atoms with van der Waals surface area (Å²) in [5.74, 6) is 0.858. The van der Waals surface area contributed by atoms with Gasteiger partial charge >= 0.3 is 6.01 Å². The van der Waals surface area contributed by atoms with E-state index in [1.165, 1.54) is 36.6 Å². The first-order chi connectivity index (χ1) is 13.1. The minimum atomic E-state index is -1.23. The van der Waals surface area contributed by atoms with Crippen molar-refractivity contribution in [1.29, 1.82) is 0 Å². The van der Waals surface area contributed by atoms with Crippen LogP contribution in [0.1, 0.15) is 38.3 Å². The lowest BCUT2D eigenvalue weighted by Gasteiger charge is -2.16. The number of ether oxygens (including phenoxy) is 2. The van der Waals surface area contributed by atoms with Crippen LogP contribution in [0.4, 0.5) is 5.82 Å². The Morgan fingerprint density at radius 1 is 1.22 bits per heavy atom. The Morgan fingerprint density at radius 3 is 2.70 bits per heavy atom. The maximum Gasteiger partial charge on any atom is 0.320 e. The number of hydrogen-bond acceptors (Lipinski definition) is 9. The van der Waals surface area contributed by atoms with Crippen LogP contribution in [-0.2, 0) is 4.74 Å². The summed E-state index contributed by atoms with van der Waals surface area (Å²) in [7, 11) is 0. The lowest BCUT2D eigenvalue weighted by molar-refractivity contribution is -0.0511. The zero-order chi connectivity index (χ0) is 19.0. The molecule has 10 nitrogen and oxygen atoms in total. The number of rotatable bonds is 6. The third kappa shape index (κ3) is 3.45. The van der Waals surface area contributed by atoms with Gasteiger partial charge in [-0.25, -0.2) is 4.98 Å². The molecule has 3 heterocycles. The highest BCUT2D eigenvalue weighted by atomic mass is 16.6. The van der Waals surface area contributed by atoms with Gasteiger partial charge in [0, 0.05) is 0 Å². The molecule has 1 aliphatic carbocycles.